The molecule has 4 aliphatic rings. The van der Waals surface area contributed by atoms with Crippen LogP contribution in [0.2, 0.25) is 5.02 Å². The van der Waals surface area contributed by atoms with E-state index in [0.717, 1.165) is 29.5 Å². The van der Waals surface area contributed by atoms with E-state index in [1.807, 2.05) is 38.1 Å². The van der Waals surface area contributed by atoms with Gasteiger partial charge in [-0.15, -0.1) is 0 Å². The second-order valence-electron chi connectivity index (χ2n) is 9.26. The van der Waals surface area contributed by atoms with E-state index in [0.29, 0.717) is 27.4 Å². The lowest BCUT2D eigenvalue weighted by atomic mass is 9.75. The third-order valence-electron chi connectivity index (χ3n) is 7.54. The molecule has 6 rings (SSSR count). The van der Waals surface area contributed by atoms with Gasteiger partial charge in [0.05, 0.1) is 28.2 Å². The highest BCUT2D eigenvalue weighted by molar-refractivity contribution is 9.10. The number of amides is 3. The summed E-state index contributed by atoms with van der Waals surface area (Å²) in [4.78, 5) is 44.9. The van der Waals surface area contributed by atoms with Gasteiger partial charge in [-0.05, 0) is 78.5 Å². The Balaban J connectivity index is 1.58. The fraction of sp³-hybridized carbons (Fsp3) is 0.375. The second-order valence-corrected chi connectivity index (χ2v) is 10.5. The first kappa shape index (κ1) is 20.4. The van der Waals surface area contributed by atoms with Gasteiger partial charge in [0, 0.05) is 16.1 Å². The van der Waals surface area contributed by atoms with Gasteiger partial charge in [0.25, 0.3) is 5.91 Å². The van der Waals surface area contributed by atoms with Crippen LogP contribution in [-0.2, 0) is 19.9 Å². The first-order valence-corrected chi connectivity index (χ1v) is 12.0. The maximum Gasteiger partial charge on any atom is 0.250 e. The van der Waals surface area contributed by atoms with Crippen molar-refractivity contribution in [1.29, 1.82) is 0 Å². The largest absolute Gasteiger partial charge is 0.323 e. The molecular formula is C24H21BrClN3O3. The quantitative estimate of drug-likeness (QED) is 0.581. The molecule has 32 heavy (non-hydrogen) atoms. The molecule has 0 aromatic heterocycles. The van der Waals surface area contributed by atoms with Crippen LogP contribution in [0.15, 0.2) is 34.8 Å². The van der Waals surface area contributed by atoms with Crippen LogP contribution in [-0.4, -0.2) is 35.2 Å². The zero-order valence-electron chi connectivity index (χ0n) is 17.6. The summed E-state index contributed by atoms with van der Waals surface area (Å²) in [6.07, 6.45) is 1.67. The molecule has 2 aromatic rings. The van der Waals surface area contributed by atoms with E-state index >= 15 is 0 Å². The number of carbonyl (C=O) groups is 3. The molecule has 4 atom stereocenters. The highest BCUT2D eigenvalue weighted by Crippen LogP contribution is 2.61. The maximum atomic E-state index is 14.0. The maximum absolute atomic E-state index is 14.0. The number of rotatable bonds is 1. The van der Waals surface area contributed by atoms with Crippen LogP contribution in [0.1, 0.15) is 29.5 Å². The Morgan fingerprint density at radius 2 is 1.88 bits per heavy atom. The van der Waals surface area contributed by atoms with Crippen LogP contribution < -0.4 is 10.2 Å². The van der Waals surface area contributed by atoms with E-state index in [1.165, 1.54) is 4.90 Å². The smallest absolute Gasteiger partial charge is 0.250 e. The average molecular weight is 515 g/mol. The highest BCUT2D eigenvalue weighted by atomic mass is 79.9. The lowest BCUT2D eigenvalue weighted by Crippen LogP contribution is -2.54. The highest BCUT2D eigenvalue weighted by Gasteiger charge is 2.74. The van der Waals surface area contributed by atoms with Gasteiger partial charge >= 0.3 is 0 Å². The van der Waals surface area contributed by atoms with Crippen LogP contribution in [0.25, 0.3) is 0 Å². The van der Waals surface area contributed by atoms with Gasteiger partial charge in [-0.3, -0.25) is 19.3 Å². The molecule has 1 spiro atoms. The number of hydrogen-bond acceptors (Lipinski definition) is 4. The van der Waals surface area contributed by atoms with E-state index in [-0.39, 0.29) is 23.8 Å². The van der Waals surface area contributed by atoms with Crippen molar-refractivity contribution in [3.63, 3.8) is 0 Å². The van der Waals surface area contributed by atoms with Crippen LogP contribution in [0, 0.1) is 25.7 Å². The molecule has 4 heterocycles. The minimum absolute atomic E-state index is 0.151. The van der Waals surface area contributed by atoms with Gasteiger partial charge in [-0.1, -0.05) is 23.7 Å². The molecule has 0 radical (unpaired) electrons. The summed E-state index contributed by atoms with van der Waals surface area (Å²) in [5.74, 6) is -2.15. The second kappa shape index (κ2) is 6.65. The number of imide groups is 1. The molecule has 4 aliphatic heterocycles. The van der Waals surface area contributed by atoms with Crippen molar-refractivity contribution in [1.82, 2.24) is 4.90 Å². The Morgan fingerprint density at radius 3 is 2.62 bits per heavy atom. The van der Waals surface area contributed by atoms with Crippen LogP contribution in [0.4, 0.5) is 11.4 Å². The summed E-state index contributed by atoms with van der Waals surface area (Å²) < 4.78 is 0.687. The normalized spacial score (nSPS) is 30.8. The van der Waals surface area contributed by atoms with Crippen LogP contribution >= 0.6 is 27.5 Å². The zero-order chi connectivity index (χ0) is 22.5. The van der Waals surface area contributed by atoms with E-state index < -0.39 is 17.4 Å². The van der Waals surface area contributed by atoms with Gasteiger partial charge in [-0.2, -0.15) is 0 Å². The monoisotopic (exact) mass is 513 g/mol. The fourth-order valence-corrected chi connectivity index (χ4v) is 7.42. The minimum atomic E-state index is -1.21. The van der Waals surface area contributed by atoms with Crippen LogP contribution in [0.5, 0.6) is 0 Å². The summed E-state index contributed by atoms with van der Waals surface area (Å²) in [6, 6.07) is 9.17. The van der Waals surface area contributed by atoms with E-state index in [1.54, 1.807) is 6.07 Å². The predicted molar refractivity (Wildman–Crippen MR) is 125 cm³/mol. The van der Waals surface area contributed by atoms with E-state index in [4.69, 9.17) is 11.6 Å². The lowest BCUT2D eigenvalue weighted by Gasteiger charge is -2.36. The summed E-state index contributed by atoms with van der Waals surface area (Å²) in [7, 11) is 0. The molecule has 6 nitrogen and oxygen atoms in total. The number of aryl methyl sites for hydroxylation is 2. The Morgan fingerprint density at radius 1 is 1.09 bits per heavy atom. The van der Waals surface area contributed by atoms with E-state index in [9.17, 15) is 14.4 Å². The third kappa shape index (κ3) is 2.31. The molecule has 0 bridgehead atoms. The first-order chi connectivity index (χ1) is 15.3. The molecule has 1 N–H and O–H groups in total. The van der Waals surface area contributed by atoms with Crippen LogP contribution in [0.3, 0.4) is 0 Å². The molecule has 2 aromatic carbocycles. The average Bonchev–Trinajstić information content (AvgIpc) is 3.42. The summed E-state index contributed by atoms with van der Waals surface area (Å²) in [6.45, 7) is 4.55. The fourth-order valence-electron chi connectivity index (χ4n) is 6.43. The van der Waals surface area contributed by atoms with Gasteiger partial charge in [-0.25, -0.2) is 4.90 Å². The van der Waals surface area contributed by atoms with Crippen molar-refractivity contribution < 1.29 is 14.4 Å². The Kier molecular flexibility index (Phi) is 4.24. The molecular weight excluding hydrogens is 494 g/mol. The van der Waals surface area contributed by atoms with Gasteiger partial charge in [0.1, 0.15) is 5.54 Å². The summed E-state index contributed by atoms with van der Waals surface area (Å²) >= 11 is 10.0. The summed E-state index contributed by atoms with van der Waals surface area (Å²) in [5, 5.41) is 3.41. The van der Waals surface area contributed by atoms with E-state index in [2.05, 4.69) is 26.1 Å². The van der Waals surface area contributed by atoms with Crippen molar-refractivity contribution in [3.05, 3.63) is 56.5 Å². The minimum Gasteiger partial charge on any atom is -0.323 e. The molecule has 8 heteroatoms. The van der Waals surface area contributed by atoms with Crippen molar-refractivity contribution in [2.75, 3.05) is 16.8 Å². The molecule has 3 amide bonds. The van der Waals surface area contributed by atoms with Gasteiger partial charge in [0.15, 0.2) is 0 Å². The standard InChI is InChI=1S/C24H21BrClN3O3/c1-11-5-6-16(14(25)9-11)29-21(30)18-17-4-3-7-28(17)24(19(18)22(29)31)13-8-12(2)10-15(26)20(13)27-23(24)32/h5-6,8-10,17-19H,3-4,7H2,1-2H3,(H,27,32)/t17-,18+,19+,24+/m0/s1. The first-order valence-electron chi connectivity index (χ1n) is 10.8. The SMILES string of the molecule is Cc1ccc(N2C(=O)[C@@H]3[C@@H]4CCCN4[C@@]4(C(=O)Nc5c(Cl)cc(C)cc54)[C@H]3C2=O)c(Br)c1. The van der Waals surface area contributed by atoms with Crippen molar-refractivity contribution in [2.24, 2.45) is 11.8 Å². The molecule has 164 valence electrons. The van der Waals surface area contributed by atoms with Gasteiger partial charge < -0.3 is 5.32 Å². The number of fused-ring (bicyclic) bond motifs is 7. The number of benzene rings is 2. The summed E-state index contributed by atoms with van der Waals surface area (Å²) in [5.41, 5.74) is 2.53. The van der Waals surface area contributed by atoms with Gasteiger partial charge in [0.2, 0.25) is 11.8 Å². The molecule has 3 saturated heterocycles. The van der Waals surface area contributed by atoms with Crippen molar-refractivity contribution >= 4 is 56.6 Å². The molecule has 0 unspecified atom stereocenters. The third-order valence-corrected chi connectivity index (χ3v) is 8.48. The Hall–Kier alpha value is -2.22. The number of nitrogens with zero attached hydrogens (tertiary/aromatic N) is 2. The number of nitrogens with one attached hydrogen (secondary N) is 1. The molecule has 3 fully saturated rings. The predicted octanol–water partition coefficient (Wildman–Crippen LogP) is 4.15. The molecule has 0 aliphatic carbocycles. The number of halogens is 2. The molecule has 0 saturated carbocycles. The zero-order valence-corrected chi connectivity index (χ0v) is 20.0. The Labute approximate surface area is 199 Å². The van der Waals surface area contributed by atoms with Crippen molar-refractivity contribution in [3.8, 4) is 0 Å². The Bertz CT molecular complexity index is 1250. The van der Waals surface area contributed by atoms with Crippen molar-refractivity contribution in [2.45, 2.75) is 38.3 Å². The lowest BCUT2D eigenvalue weighted by molar-refractivity contribution is -0.135. The number of anilines is 2. The number of hydrogen-bond donors (Lipinski definition) is 1. The topological polar surface area (TPSA) is 69.7 Å². The number of carbonyl (C=O) groups excluding carboxylic acids is 3.